The van der Waals surface area contributed by atoms with Crippen LogP contribution in [-0.2, 0) is 10.8 Å². The van der Waals surface area contributed by atoms with Crippen molar-refractivity contribution in [3.8, 4) is 5.75 Å². The maximum atomic E-state index is 12.5. The molecule has 0 radical (unpaired) electrons. The van der Waals surface area contributed by atoms with Gasteiger partial charge in [-0.05, 0) is 18.6 Å². The molecule has 0 aliphatic carbocycles. The van der Waals surface area contributed by atoms with Crippen molar-refractivity contribution in [1.29, 1.82) is 0 Å². The van der Waals surface area contributed by atoms with Gasteiger partial charge in [0.25, 0.3) is 5.91 Å². The fourth-order valence-electron chi connectivity index (χ4n) is 2.41. The van der Waals surface area contributed by atoms with Crippen LogP contribution in [0.5, 0.6) is 5.75 Å². The van der Waals surface area contributed by atoms with Gasteiger partial charge in [-0.25, -0.2) is 4.31 Å². The lowest BCUT2D eigenvalue weighted by Gasteiger charge is -2.25. The maximum absolute atomic E-state index is 12.5. The number of nitrogens with one attached hydrogen (secondary N) is 2. The van der Waals surface area contributed by atoms with E-state index < -0.39 is 47.8 Å². The number of allylic oxidation sites excluding steroid dienone is 1. The fourth-order valence-corrected chi connectivity index (χ4v) is 4.46. The van der Waals surface area contributed by atoms with Crippen molar-refractivity contribution >= 4 is 34.5 Å². The summed E-state index contributed by atoms with van der Waals surface area (Å²) in [6, 6.07) is 2.93. The second-order valence-corrected chi connectivity index (χ2v) is 9.00. The number of nitrogens with zero attached hydrogens (tertiary/aromatic N) is 1. The van der Waals surface area contributed by atoms with E-state index in [2.05, 4.69) is 21.4 Å². The summed E-state index contributed by atoms with van der Waals surface area (Å²) in [6.45, 7) is 4.29. The van der Waals surface area contributed by atoms with Crippen LogP contribution in [0.25, 0.3) is 0 Å². The Bertz CT molecular complexity index is 822. The van der Waals surface area contributed by atoms with Gasteiger partial charge in [0.1, 0.15) is 5.75 Å². The molecule has 14 heteroatoms. The summed E-state index contributed by atoms with van der Waals surface area (Å²) in [6.07, 6.45) is -11.1. The van der Waals surface area contributed by atoms with E-state index in [9.17, 15) is 35.3 Å². The lowest BCUT2D eigenvalue weighted by atomic mass is 10.1. The molecule has 2 rings (SSSR count). The third-order valence-corrected chi connectivity index (χ3v) is 6.10. The number of benzene rings is 1. The smallest absolute Gasteiger partial charge is 0.406 e. The molecule has 6 nitrogen and oxygen atoms in total. The lowest BCUT2D eigenvalue weighted by Crippen LogP contribution is -2.34. The summed E-state index contributed by atoms with van der Waals surface area (Å²) in [5.41, 5.74) is -0.342. The summed E-state index contributed by atoms with van der Waals surface area (Å²) in [7, 11) is -0.933. The number of halogens is 6. The number of rotatable bonds is 8. The molecular weight excluding hydrogens is 472 g/mol. The largest absolute Gasteiger partial charge is 0.573 e. The Morgan fingerprint density at radius 1 is 1.19 bits per heavy atom. The number of hydrogen-bond acceptors (Lipinski definition) is 6. The van der Waals surface area contributed by atoms with Crippen LogP contribution in [-0.4, -0.2) is 51.6 Å². The number of hydrogen-bond donors (Lipinski definition) is 2. The van der Waals surface area contributed by atoms with Gasteiger partial charge in [-0.2, -0.15) is 13.2 Å². The van der Waals surface area contributed by atoms with Crippen LogP contribution in [0.3, 0.4) is 0 Å². The lowest BCUT2D eigenvalue weighted by molar-refractivity contribution is -0.274. The molecule has 1 aromatic carbocycles. The normalized spacial score (nSPS) is 16.1. The van der Waals surface area contributed by atoms with E-state index in [1.54, 1.807) is 4.31 Å². The van der Waals surface area contributed by atoms with Crippen LogP contribution < -0.4 is 14.8 Å². The van der Waals surface area contributed by atoms with E-state index in [1.165, 1.54) is 0 Å². The number of alkyl halides is 6. The molecule has 1 heterocycles. The van der Waals surface area contributed by atoms with E-state index in [4.69, 9.17) is 0 Å². The first-order chi connectivity index (χ1) is 14.3. The molecule has 1 aromatic rings. The standard InChI is InChI=1S/C17H19F6N3O3S2/c1-11(4-5-16(18,19)20)24-15(27)13-3-2-12(29-17(21,22)23)10-14(13)25-30-26-6-8-31(28)9-7-26/h2-3,10,25H,1,4-9H2,(H,24,27). The number of anilines is 1. The zero-order valence-electron chi connectivity index (χ0n) is 15.9. The van der Waals surface area contributed by atoms with E-state index in [1.807, 2.05) is 0 Å². The average Bonchev–Trinajstić information content (AvgIpc) is 2.64. The quantitative estimate of drug-likeness (QED) is 0.420. The molecule has 0 aromatic heterocycles. The summed E-state index contributed by atoms with van der Waals surface area (Å²) in [5.74, 6) is -0.562. The summed E-state index contributed by atoms with van der Waals surface area (Å²) in [5, 5.41) is 2.22. The molecule has 0 unspecified atom stereocenters. The first kappa shape index (κ1) is 25.3. The molecule has 1 fully saturated rings. The molecule has 0 bridgehead atoms. The van der Waals surface area contributed by atoms with E-state index in [0.29, 0.717) is 24.6 Å². The van der Waals surface area contributed by atoms with Crippen LogP contribution in [0.2, 0.25) is 0 Å². The van der Waals surface area contributed by atoms with Crippen molar-refractivity contribution in [1.82, 2.24) is 9.62 Å². The van der Waals surface area contributed by atoms with Crippen molar-refractivity contribution < 1.29 is 40.1 Å². The predicted molar refractivity (Wildman–Crippen MR) is 106 cm³/mol. The Morgan fingerprint density at radius 3 is 2.42 bits per heavy atom. The summed E-state index contributed by atoms with van der Waals surface area (Å²) >= 11 is 1.00. The third kappa shape index (κ3) is 9.39. The van der Waals surface area contributed by atoms with Crippen molar-refractivity contribution in [3.63, 3.8) is 0 Å². The highest BCUT2D eigenvalue weighted by molar-refractivity contribution is 7.98. The van der Waals surface area contributed by atoms with E-state index in [0.717, 1.165) is 30.3 Å². The Kier molecular flexibility index (Phi) is 8.65. The van der Waals surface area contributed by atoms with Crippen LogP contribution in [0.1, 0.15) is 23.2 Å². The molecule has 1 aliphatic rings. The number of carbonyl (C=O) groups is 1. The molecular formula is C17H19F6N3O3S2. The topological polar surface area (TPSA) is 70.7 Å². The minimum Gasteiger partial charge on any atom is -0.406 e. The Balaban J connectivity index is 2.12. The van der Waals surface area contributed by atoms with Crippen LogP contribution in [0, 0.1) is 0 Å². The van der Waals surface area contributed by atoms with Gasteiger partial charge in [0.05, 0.1) is 11.3 Å². The van der Waals surface area contributed by atoms with Crippen molar-refractivity contribution in [2.75, 3.05) is 29.3 Å². The SMILES string of the molecule is C=C(CCC(F)(F)F)NC(=O)c1ccc(OC(F)(F)F)cc1NSN1CCS(=O)CC1. The zero-order chi connectivity index (χ0) is 23.2. The molecule has 31 heavy (non-hydrogen) atoms. The molecule has 0 saturated carbocycles. The predicted octanol–water partition coefficient (Wildman–Crippen LogP) is 4.21. The molecule has 174 valence electrons. The molecule has 0 atom stereocenters. The van der Waals surface area contributed by atoms with Gasteiger partial charge in [-0.3, -0.25) is 9.00 Å². The Labute approximate surface area is 181 Å². The van der Waals surface area contributed by atoms with Gasteiger partial charge in [-0.1, -0.05) is 6.58 Å². The van der Waals surface area contributed by atoms with E-state index >= 15 is 0 Å². The number of amides is 1. The zero-order valence-corrected chi connectivity index (χ0v) is 17.6. The second kappa shape index (κ2) is 10.6. The second-order valence-electron chi connectivity index (χ2n) is 6.40. The van der Waals surface area contributed by atoms with Crippen molar-refractivity contribution in [2.45, 2.75) is 25.4 Å². The van der Waals surface area contributed by atoms with Gasteiger partial charge in [0.2, 0.25) is 0 Å². The minimum atomic E-state index is -4.95. The molecule has 1 amide bonds. The minimum absolute atomic E-state index is 0.0421. The van der Waals surface area contributed by atoms with E-state index in [-0.39, 0.29) is 16.9 Å². The monoisotopic (exact) mass is 491 g/mol. The van der Waals surface area contributed by atoms with Crippen LogP contribution in [0.15, 0.2) is 30.5 Å². The van der Waals surface area contributed by atoms with Crippen LogP contribution in [0.4, 0.5) is 32.0 Å². The highest BCUT2D eigenvalue weighted by Crippen LogP contribution is 2.30. The molecule has 1 aliphatic heterocycles. The fraction of sp³-hybridized carbons (Fsp3) is 0.471. The van der Waals surface area contributed by atoms with Crippen molar-refractivity contribution in [3.05, 3.63) is 36.0 Å². The number of carbonyl (C=O) groups excluding carboxylic acids is 1. The van der Waals surface area contributed by atoms with Gasteiger partial charge >= 0.3 is 12.5 Å². The first-order valence-electron chi connectivity index (χ1n) is 8.81. The summed E-state index contributed by atoms with van der Waals surface area (Å²) in [4.78, 5) is 12.5. The number of ether oxygens (including phenoxy) is 1. The average molecular weight is 491 g/mol. The first-order valence-corrected chi connectivity index (χ1v) is 11.1. The third-order valence-electron chi connectivity index (χ3n) is 3.89. The van der Waals surface area contributed by atoms with Gasteiger partial charge in [0, 0.05) is 65.7 Å². The maximum Gasteiger partial charge on any atom is 0.573 e. The molecule has 0 spiro atoms. The Morgan fingerprint density at radius 2 is 1.84 bits per heavy atom. The Hall–Kier alpha value is -1.93. The van der Waals surface area contributed by atoms with Gasteiger partial charge in [0.15, 0.2) is 0 Å². The highest BCUT2D eigenvalue weighted by atomic mass is 32.2. The van der Waals surface area contributed by atoms with Crippen molar-refractivity contribution in [2.24, 2.45) is 0 Å². The van der Waals surface area contributed by atoms with Gasteiger partial charge < -0.3 is 14.8 Å². The molecule has 2 N–H and O–H groups in total. The van der Waals surface area contributed by atoms with Gasteiger partial charge in [-0.15, -0.1) is 13.2 Å². The highest BCUT2D eigenvalue weighted by Gasteiger charge is 2.32. The molecule has 1 saturated heterocycles. The summed E-state index contributed by atoms with van der Waals surface area (Å²) < 4.78 is 94.4. The van der Waals surface area contributed by atoms with Crippen LogP contribution >= 0.6 is 12.1 Å².